The maximum absolute atomic E-state index is 13.4. The van der Waals surface area contributed by atoms with Crippen molar-refractivity contribution in [1.82, 2.24) is 24.4 Å². The summed E-state index contributed by atoms with van der Waals surface area (Å²) in [6.45, 7) is 4.90. The molecule has 4 aromatic rings. The summed E-state index contributed by atoms with van der Waals surface area (Å²) in [4.78, 5) is 41.0. The van der Waals surface area contributed by atoms with Crippen LogP contribution in [0.25, 0.3) is 10.9 Å². The molecule has 11 nitrogen and oxygen atoms in total. The van der Waals surface area contributed by atoms with Gasteiger partial charge in [-0.05, 0) is 57.0 Å². The van der Waals surface area contributed by atoms with Gasteiger partial charge in [-0.2, -0.15) is 5.26 Å². The van der Waals surface area contributed by atoms with Crippen molar-refractivity contribution in [1.29, 1.82) is 5.26 Å². The number of ether oxygens (including phenoxy) is 1. The second kappa shape index (κ2) is 11.8. The van der Waals surface area contributed by atoms with Crippen molar-refractivity contribution in [3.8, 4) is 6.07 Å². The number of hydrogen-bond acceptors (Lipinski definition) is 9. The van der Waals surface area contributed by atoms with Crippen molar-refractivity contribution in [2.75, 3.05) is 30.9 Å². The average molecular weight is 587 g/mol. The number of fused-ring (bicyclic) bond motifs is 1. The number of carbonyl (C=O) groups excluding carboxylic acids is 1. The Morgan fingerprint density at radius 2 is 1.98 bits per heavy atom. The molecule has 4 heterocycles. The number of nitrogens with one attached hydrogen (secondary N) is 2. The number of aromatic nitrogens is 4. The molecule has 1 aliphatic rings. The van der Waals surface area contributed by atoms with Gasteiger partial charge in [0.2, 0.25) is 0 Å². The molecule has 216 valence electrons. The van der Waals surface area contributed by atoms with Gasteiger partial charge in [0, 0.05) is 55.9 Å². The van der Waals surface area contributed by atoms with Crippen LogP contribution in [-0.4, -0.2) is 56.6 Å². The Balaban J connectivity index is 1.53. The summed E-state index contributed by atoms with van der Waals surface area (Å²) < 4.78 is 6.85. The van der Waals surface area contributed by atoms with Crippen LogP contribution >= 0.6 is 11.6 Å². The van der Waals surface area contributed by atoms with Crippen molar-refractivity contribution in [2.45, 2.75) is 38.3 Å². The summed E-state index contributed by atoms with van der Waals surface area (Å²) in [6, 6.07) is 12.4. The van der Waals surface area contributed by atoms with Crippen LogP contribution in [-0.2, 0) is 17.3 Å². The largest absolute Gasteiger partial charge is 0.383 e. The van der Waals surface area contributed by atoms with Crippen molar-refractivity contribution < 1.29 is 9.53 Å². The predicted molar refractivity (Wildman–Crippen MR) is 161 cm³/mol. The predicted octanol–water partition coefficient (Wildman–Crippen LogP) is 4.59. The first-order valence-corrected chi connectivity index (χ1v) is 13.9. The highest BCUT2D eigenvalue weighted by Crippen LogP contribution is 2.33. The number of nitrogens with zero attached hydrogens (tertiary/aromatic N) is 6. The van der Waals surface area contributed by atoms with Gasteiger partial charge in [-0.25, -0.2) is 15.0 Å². The molecule has 1 amide bonds. The second-order valence-electron chi connectivity index (χ2n) is 10.7. The Hall–Kier alpha value is -4.53. The number of rotatable bonds is 8. The number of amides is 1. The van der Waals surface area contributed by atoms with Crippen LogP contribution in [0.4, 0.5) is 17.1 Å². The maximum Gasteiger partial charge on any atom is 0.272 e. The molecule has 2 N–H and O–H groups in total. The number of pyridine rings is 2. The van der Waals surface area contributed by atoms with Gasteiger partial charge >= 0.3 is 0 Å². The number of hydrogen-bond donors (Lipinski definition) is 2. The Morgan fingerprint density at radius 3 is 2.69 bits per heavy atom. The first kappa shape index (κ1) is 29.0. The van der Waals surface area contributed by atoms with E-state index in [2.05, 4.69) is 31.7 Å². The molecule has 0 unspecified atom stereocenters. The first-order chi connectivity index (χ1) is 20.1. The minimum Gasteiger partial charge on any atom is -0.383 e. The standard InChI is InChI=1S/C30H31ClN8O3/c1-30(2,29-33-10-6-11-34-29)37-23-15-26(40)38(3)25-9-8-18(13-20(23)25)35-22-14-24(36-27(31)21(22)16-32)28(41)39-12-5-7-19(39)17-42-4/h6,8-11,13-15,19,37H,5,7,12,17H2,1-4H3,(H,35,36)/t19-/m0/s1. The molecule has 12 heteroatoms. The number of halogens is 1. The lowest BCUT2D eigenvalue weighted by atomic mass is 10.0. The number of benzene rings is 1. The summed E-state index contributed by atoms with van der Waals surface area (Å²) >= 11 is 6.41. The quantitative estimate of drug-likeness (QED) is 0.284. The second-order valence-corrected chi connectivity index (χ2v) is 11.1. The zero-order valence-electron chi connectivity index (χ0n) is 23.8. The molecule has 1 saturated heterocycles. The van der Waals surface area contributed by atoms with Crippen LogP contribution in [0.15, 0.2) is 53.6 Å². The van der Waals surface area contributed by atoms with E-state index in [0.29, 0.717) is 41.6 Å². The summed E-state index contributed by atoms with van der Waals surface area (Å²) in [5.74, 6) is 0.301. The highest BCUT2D eigenvalue weighted by Gasteiger charge is 2.31. The van der Waals surface area contributed by atoms with Gasteiger partial charge in [-0.3, -0.25) is 9.59 Å². The van der Waals surface area contributed by atoms with E-state index in [1.165, 1.54) is 6.07 Å². The highest BCUT2D eigenvalue weighted by molar-refractivity contribution is 6.31. The van der Waals surface area contributed by atoms with Crippen LogP contribution in [0.3, 0.4) is 0 Å². The fourth-order valence-electron chi connectivity index (χ4n) is 5.26. The Labute approximate surface area is 248 Å². The molecule has 1 aromatic carbocycles. The van der Waals surface area contributed by atoms with Crippen molar-refractivity contribution in [2.24, 2.45) is 7.05 Å². The SMILES string of the molecule is COC[C@@H]1CCCN1C(=O)c1cc(Nc2ccc3c(c2)c(NC(C)(C)c2ncccn2)cc(=O)n3C)c(C#N)c(Cl)n1. The number of anilines is 3. The van der Waals surface area contributed by atoms with Gasteiger partial charge in [0.15, 0.2) is 5.82 Å². The summed E-state index contributed by atoms with van der Waals surface area (Å²) in [7, 11) is 3.31. The van der Waals surface area contributed by atoms with Crippen molar-refractivity contribution in [3.05, 3.63) is 81.4 Å². The normalized spacial score (nSPS) is 15.0. The van der Waals surface area contributed by atoms with E-state index >= 15 is 0 Å². The molecule has 0 radical (unpaired) electrons. The fourth-order valence-corrected chi connectivity index (χ4v) is 5.49. The zero-order valence-corrected chi connectivity index (χ0v) is 24.6. The van der Waals surface area contributed by atoms with Crippen LogP contribution in [0.5, 0.6) is 0 Å². The molecular weight excluding hydrogens is 556 g/mol. The number of methoxy groups -OCH3 is 1. The lowest BCUT2D eigenvalue weighted by Crippen LogP contribution is -2.38. The molecule has 3 aromatic heterocycles. The summed E-state index contributed by atoms with van der Waals surface area (Å²) in [5, 5.41) is 17.2. The third kappa shape index (κ3) is 5.64. The van der Waals surface area contributed by atoms with Gasteiger partial charge < -0.3 is 24.8 Å². The number of nitriles is 1. The lowest BCUT2D eigenvalue weighted by Gasteiger charge is -2.27. The fraction of sp³-hybridized carbons (Fsp3) is 0.333. The molecule has 1 aliphatic heterocycles. The van der Waals surface area contributed by atoms with E-state index in [1.807, 2.05) is 26.0 Å². The van der Waals surface area contributed by atoms with E-state index in [-0.39, 0.29) is 33.9 Å². The minimum atomic E-state index is -0.692. The number of likely N-dealkylation sites (tertiary alicyclic amines) is 1. The third-order valence-corrected chi connectivity index (χ3v) is 7.67. The molecule has 1 atom stereocenters. The molecule has 0 spiro atoms. The highest BCUT2D eigenvalue weighted by atomic mass is 35.5. The van der Waals surface area contributed by atoms with E-state index in [1.54, 1.807) is 54.2 Å². The molecule has 0 saturated carbocycles. The Morgan fingerprint density at radius 1 is 1.21 bits per heavy atom. The molecule has 1 fully saturated rings. The van der Waals surface area contributed by atoms with Crippen LogP contribution in [0.2, 0.25) is 5.15 Å². The van der Waals surface area contributed by atoms with E-state index < -0.39 is 5.54 Å². The third-order valence-electron chi connectivity index (χ3n) is 7.40. The van der Waals surface area contributed by atoms with Gasteiger partial charge in [0.05, 0.1) is 29.4 Å². The first-order valence-electron chi connectivity index (χ1n) is 13.5. The molecule has 0 bridgehead atoms. The van der Waals surface area contributed by atoms with E-state index in [0.717, 1.165) is 18.2 Å². The van der Waals surface area contributed by atoms with Crippen molar-refractivity contribution >= 4 is 45.5 Å². The van der Waals surface area contributed by atoms with Gasteiger partial charge in [-0.1, -0.05) is 11.6 Å². The maximum atomic E-state index is 13.4. The van der Waals surface area contributed by atoms with Gasteiger partial charge in [0.1, 0.15) is 22.5 Å². The lowest BCUT2D eigenvalue weighted by molar-refractivity contribution is 0.0625. The molecule has 0 aliphatic carbocycles. The topological polar surface area (TPSA) is 138 Å². The molecule has 5 rings (SSSR count). The summed E-state index contributed by atoms with van der Waals surface area (Å²) in [5.41, 5.74) is 1.64. The monoisotopic (exact) mass is 586 g/mol. The van der Waals surface area contributed by atoms with Gasteiger partial charge in [-0.15, -0.1) is 0 Å². The van der Waals surface area contributed by atoms with Crippen LogP contribution in [0.1, 0.15) is 48.6 Å². The zero-order chi connectivity index (χ0) is 30.0. The van der Waals surface area contributed by atoms with Crippen LogP contribution < -0.4 is 16.2 Å². The van der Waals surface area contributed by atoms with Gasteiger partial charge in [0.25, 0.3) is 11.5 Å². The summed E-state index contributed by atoms with van der Waals surface area (Å²) in [6.07, 6.45) is 5.06. The smallest absolute Gasteiger partial charge is 0.272 e. The van der Waals surface area contributed by atoms with Crippen LogP contribution in [0, 0.1) is 11.3 Å². The average Bonchev–Trinajstić information content (AvgIpc) is 3.44. The van der Waals surface area contributed by atoms with E-state index in [4.69, 9.17) is 16.3 Å². The Bertz CT molecular complexity index is 1750. The Kier molecular flexibility index (Phi) is 8.11. The van der Waals surface area contributed by atoms with Crippen molar-refractivity contribution in [3.63, 3.8) is 0 Å². The molecular formula is C30H31ClN8O3. The number of aryl methyl sites for hydroxylation is 1. The number of carbonyl (C=O) groups is 1. The molecule has 42 heavy (non-hydrogen) atoms. The van der Waals surface area contributed by atoms with E-state index in [9.17, 15) is 14.9 Å². The minimum absolute atomic E-state index is 0.0429.